The van der Waals surface area contributed by atoms with Crippen molar-refractivity contribution in [3.63, 3.8) is 0 Å². The molecular formula is C24H32O5. The van der Waals surface area contributed by atoms with Crippen molar-refractivity contribution in [2.24, 2.45) is 22.7 Å². The van der Waals surface area contributed by atoms with Crippen LogP contribution in [-0.4, -0.2) is 34.9 Å². The third kappa shape index (κ3) is 2.73. The Morgan fingerprint density at radius 3 is 2.66 bits per heavy atom. The standard InChI is InChI=1S/C24H32O5/c1-4-21(28)29-24(20(27)14-25)12-9-19-17-6-5-15-13-16(26)7-10-22(15,2)18(17)8-11-23(19,24)3/h8,13,17,19,25H,4-7,9-12,14H2,1-3H3/t17?,19?,22?,23?,24-/m0/s1. The van der Waals surface area contributed by atoms with Crippen molar-refractivity contribution in [1.82, 2.24) is 0 Å². The lowest BCUT2D eigenvalue weighted by Gasteiger charge is -2.55. The highest BCUT2D eigenvalue weighted by Crippen LogP contribution is 2.66. The topological polar surface area (TPSA) is 80.7 Å². The number of aliphatic hydroxyl groups excluding tert-OH is 1. The largest absolute Gasteiger partial charge is 0.450 e. The van der Waals surface area contributed by atoms with E-state index < -0.39 is 17.6 Å². The van der Waals surface area contributed by atoms with E-state index in [4.69, 9.17) is 4.74 Å². The molecule has 0 spiro atoms. The maximum atomic E-state index is 12.9. The zero-order valence-electron chi connectivity index (χ0n) is 17.8. The smallest absolute Gasteiger partial charge is 0.306 e. The average Bonchev–Trinajstić information content (AvgIpc) is 3.01. The molecule has 0 aliphatic heterocycles. The molecule has 0 bridgehead atoms. The fraction of sp³-hybridized carbons (Fsp3) is 0.708. The van der Waals surface area contributed by atoms with E-state index in [9.17, 15) is 19.5 Å². The summed E-state index contributed by atoms with van der Waals surface area (Å²) in [6.45, 7) is 5.47. The fourth-order valence-electron chi connectivity index (χ4n) is 6.93. The van der Waals surface area contributed by atoms with Crippen LogP contribution in [0.4, 0.5) is 0 Å². The third-order valence-electron chi connectivity index (χ3n) is 8.63. The Morgan fingerprint density at radius 1 is 1.21 bits per heavy atom. The number of Topliss-reactive ketones (excluding diaryl/α,β-unsaturated/α-hetero) is 1. The van der Waals surface area contributed by atoms with Gasteiger partial charge in [-0.05, 0) is 56.4 Å². The van der Waals surface area contributed by atoms with Gasteiger partial charge >= 0.3 is 5.97 Å². The molecule has 0 amide bonds. The van der Waals surface area contributed by atoms with Crippen LogP contribution in [0.15, 0.2) is 23.3 Å². The van der Waals surface area contributed by atoms with E-state index in [0.29, 0.717) is 25.2 Å². The van der Waals surface area contributed by atoms with Crippen molar-refractivity contribution >= 4 is 17.5 Å². The quantitative estimate of drug-likeness (QED) is 0.575. The average molecular weight is 401 g/mol. The van der Waals surface area contributed by atoms with E-state index in [1.807, 2.05) is 6.08 Å². The molecule has 4 unspecified atom stereocenters. The monoisotopic (exact) mass is 400 g/mol. The van der Waals surface area contributed by atoms with Crippen molar-refractivity contribution in [3.05, 3.63) is 23.3 Å². The van der Waals surface area contributed by atoms with Gasteiger partial charge in [-0.25, -0.2) is 0 Å². The summed E-state index contributed by atoms with van der Waals surface area (Å²) in [5.41, 5.74) is 0.867. The predicted octanol–water partition coefficient (Wildman–Crippen LogP) is 3.69. The van der Waals surface area contributed by atoms with Crippen LogP contribution in [0.3, 0.4) is 0 Å². The van der Waals surface area contributed by atoms with Crippen LogP contribution in [0.25, 0.3) is 0 Å². The first-order valence-electron chi connectivity index (χ1n) is 11.0. The zero-order valence-corrected chi connectivity index (χ0v) is 17.8. The molecule has 5 atom stereocenters. The van der Waals surface area contributed by atoms with Crippen molar-refractivity contribution in [3.8, 4) is 0 Å². The van der Waals surface area contributed by atoms with Gasteiger partial charge in [-0.3, -0.25) is 14.4 Å². The fourth-order valence-corrected chi connectivity index (χ4v) is 6.93. The highest BCUT2D eigenvalue weighted by atomic mass is 16.6. The van der Waals surface area contributed by atoms with E-state index in [1.165, 1.54) is 11.1 Å². The maximum Gasteiger partial charge on any atom is 0.306 e. The van der Waals surface area contributed by atoms with Gasteiger partial charge in [-0.15, -0.1) is 0 Å². The summed E-state index contributed by atoms with van der Waals surface area (Å²) in [5, 5.41) is 9.71. The number of esters is 1. The lowest BCUT2D eigenvalue weighted by molar-refractivity contribution is -0.184. The van der Waals surface area contributed by atoms with Crippen molar-refractivity contribution in [2.75, 3.05) is 6.61 Å². The molecule has 5 nitrogen and oxygen atoms in total. The van der Waals surface area contributed by atoms with Crippen molar-refractivity contribution in [2.45, 2.75) is 77.7 Å². The Morgan fingerprint density at radius 2 is 1.97 bits per heavy atom. The number of aliphatic hydroxyl groups is 1. The maximum absolute atomic E-state index is 12.9. The Labute approximate surface area is 172 Å². The molecule has 0 heterocycles. The second kappa shape index (κ2) is 6.90. The Hall–Kier alpha value is -1.75. The predicted molar refractivity (Wildman–Crippen MR) is 108 cm³/mol. The third-order valence-corrected chi connectivity index (χ3v) is 8.63. The second-order valence-electron chi connectivity index (χ2n) is 9.78. The SMILES string of the molecule is CCC(=O)O[C@]1(C(=O)CO)CCC2C3CCC4=CC(=O)CCC4(C)C3=CCC21C. The Kier molecular flexibility index (Phi) is 4.88. The molecule has 0 aromatic carbocycles. The highest BCUT2D eigenvalue weighted by Gasteiger charge is 2.66. The molecule has 4 aliphatic rings. The van der Waals surface area contributed by atoms with Gasteiger partial charge in [0.05, 0.1) is 0 Å². The van der Waals surface area contributed by atoms with Gasteiger partial charge in [0, 0.05) is 23.7 Å². The van der Waals surface area contributed by atoms with Gasteiger partial charge in [0.1, 0.15) is 6.61 Å². The summed E-state index contributed by atoms with van der Waals surface area (Å²) in [5.74, 6) is 0.0515. The number of hydrogen-bond acceptors (Lipinski definition) is 5. The summed E-state index contributed by atoms with van der Waals surface area (Å²) in [6.07, 6.45) is 9.62. The first kappa shape index (κ1) is 20.5. The first-order valence-corrected chi connectivity index (χ1v) is 11.0. The number of rotatable bonds is 4. The van der Waals surface area contributed by atoms with Gasteiger partial charge in [0.2, 0.25) is 5.78 Å². The summed E-state index contributed by atoms with van der Waals surface area (Å²) < 4.78 is 5.87. The molecule has 4 aliphatic carbocycles. The van der Waals surface area contributed by atoms with E-state index in [-0.39, 0.29) is 35.3 Å². The molecule has 4 rings (SSSR count). The molecule has 2 fully saturated rings. The molecular weight excluding hydrogens is 368 g/mol. The Balaban J connectivity index is 1.76. The van der Waals surface area contributed by atoms with Gasteiger partial charge in [-0.2, -0.15) is 0 Å². The van der Waals surface area contributed by atoms with E-state index in [0.717, 1.165) is 25.7 Å². The van der Waals surface area contributed by atoms with Crippen LogP contribution in [-0.2, 0) is 19.1 Å². The number of fused-ring (bicyclic) bond motifs is 5. The van der Waals surface area contributed by atoms with E-state index >= 15 is 0 Å². The van der Waals surface area contributed by atoms with Crippen LogP contribution in [0.2, 0.25) is 0 Å². The molecule has 0 saturated heterocycles. The molecule has 0 aromatic rings. The normalized spacial score (nSPS) is 40.9. The minimum absolute atomic E-state index is 0.0650. The van der Waals surface area contributed by atoms with Gasteiger partial charge in [0.15, 0.2) is 11.4 Å². The van der Waals surface area contributed by atoms with Crippen LogP contribution in [0.1, 0.15) is 72.1 Å². The first-order chi connectivity index (χ1) is 13.7. The highest BCUT2D eigenvalue weighted by molar-refractivity contribution is 5.93. The number of hydrogen-bond donors (Lipinski definition) is 1. The minimum atomic E-state index is -1.24. The number of ether oxygens (including phenoxy) is 1. The summed E-state index contributed by atoms with van der Waals surface area (Å²) >= 11 is 0. The van der Waals surface area contributed by atoms with Gasteiger partial charge < -0.3 is 9.84 Å². The lowest BCUT2D eigenvalue weighted by atomic mass is 9.50. The van der Waals surface area contributed by atoms with Gasteiger partial charge in [0.25, 0.3) is 0 Å². The van der Waals surface area contributed by atoms with Crippen molar-refractivity contribution < 1.29 is 24.2 Å². The summed E-state index contributed by atoms with van der Waals surface area (Å²) in [7, 11) is 0. The van der Waals surface area contributed by atoms with Crippen LogP contribution >= 0.6 is 0 Å². The summed E-state index contributed by atoms with van der Waals surface area (Å²) in [6, 6.07) is 0. The van der Waals surface area contributed by atoms with Crippen molar-refractivity contribution in [1.29, 1.82) is 0 Å². The molecule has 2 saturated carbocycles. The van der Waals surface area contributed by atoms with E-state index in [2.05, 4.69) is 19.9 Å². The van der Waals surface area contributed by atoms with Crippen LogP contribution in [0, 0.1) is 22.7 Å². The molecule has 158 valence electrons. The molecule has 0 radical (unpaired) electrons. The molecule has 5 heteroatoms. The van der Waals surface area contributed by atoms with Gasteiger partial charge in [-0.1, -0.05) is 38.0 Å². The van der Waals surface area contributed by atoms with E-state index in [1.54, 1.807) is 6.92 Å². The Bertz CT molecular complexity index is 823. The second-order valence-corrected chi connectivity index (χ2v) is 9.78. The zero-order chi connectivity index (χ0) is 21.0. The molecule has 29 heavy (non-hydrogen) atoms. The number of carbonyl (C=O) groups excluding carboxylic acids is 3. The number of ketones is 2. The molecule has 0 aromatic heterocycles. The number of carbonyl (C=O) groups is 3. The van der Waals surface area contributed by atoms with Crippen LogP contribution < -0.4 is 0 Å². The minimum Gasteiger partial charge on any atom is -0.450 e. The number of allylic oxidation sites excluding steroid dienone is 4. The molecule has 1 N–H and O–H groups in total. The summed E-state index contributed by atoms with van der Waals surface area (Å²) in [4.78, 5) is 37.2. The lowest BCUT2D eigenvalue weighted by Crippen LogP contribution is -2.57. The van der Waals surface area contributed by atoms with Crippen LogP contribution in [0.5, 0.6) is 0 Å².